The third kappa shape index (κ3) is 2.99. The topological polar surface area (TPSA) is 12.4 Å². The average Bonchev–Trinajstić information content (AvgIpc) is 2.19. The van der Waals surface area contributed by atoms with Crippen molar-refractivity contribution < 1.29 is 0 Å². The van der Waals surface area contributed by atoms with Crippen LogP contribution in [0, 0.1) is 5.92 Å². The lowest BCUT2D eigenvalue weighted by molar-refractivity contribution is 0.783. The molecule has 0 radical (unpaired) electrons. The minimum atomic E-state index is 0.276. The number of hydrogen-bond acceptors (Lipinski definition) is 1. The van der Waals surface area contributed by atoms with Gasteiger partial charge in [-0.25, -0.2) is 0 Å². The molecule has 1 aromatic carbocycles. The molecule has 1 rings (SSSR count). The van der Waals surface area contributed by atoms with Crippen molar-refractivity contribution in [2.75, 3.05) is 0 Å². The van der Waals surface area contributed by atoms with E-state index < -0.39 is 0 Å². The van der Waals surface area contributed by atoms with Crippen LogP contribution in [0.15, 0.2) is 35.3 Å². The highest BCUT2D eigenvalue weighted by molar-refractivity contribution is 5.83. The molecule has 0 N–H and O–H groups in total. The fourth-order valence-corrected chi connectivity index (χ4v) is 1.26. The first-order chi connectivity index (χ1) is 6.61. The van der Waals surface area contributed by atoms with Crippen molar-refractivity contribution in [3.8, 4) is 0 Å². The Morgan fingerprint density at radius 3 is 2.14 bits per heavy atom. The van der Waals surface area contributed by atoms with Crippen LogP contribution in [0.25, 0.3) is 0 Å². The van der Waals surface area contributed by atoms with Crippen LogP contribution >= 0.6 is 0 Å². The van der Waals surface area contributed by atoms with Gasteiger partial charge >= 0.3 is 0 Å². The summed E-state index contributed by atoms with van der Waals surface area (Å²) < 4.78 is 0. The van der Waals surface area contributed by atoms with E-state index in [1.165, 1.54) is 11.3 Å². The minimum Gasteiger partial charge on any atom is -0.286 e. The highest BCUT2D eigenvalue weighted by Gasteiger charge is 2.04. The van der Waals surface area contributed by atoms with Gasteiger partial charge in [-0.3, -0.25) is 4.99 Å². The predicted molar refractivity (Wildman–Crippen MR) is 62.8 cm³/mol. The second-order valence-corrected chi connectivity index (χ2v) is 4.01. The van der Waals surface area contributed by atoms with Crippen molar-refractivity contribution in [1.82, 2.24) is 0 Å². The van der Waals surface area contributed by atoms with Crippen LogP contribution < -0.4 is 0 Å². The molecule has 0 aromatic heterocycles. The Bertz CT molecular complexity index is 298. The molecular formula is C13H19N. The molecule has 0 bridgehead atoms. The van der Waals surface area contributed by atoms with Crippen LogP contribution in [0.5, 0.6) is 0 Å². The lowest BCUT2D eigenvalue weighted by Crippen LogP contribution is -2.04. The fraction of sp³-hybridized carbons (Fsp3) is 0.462. The first kappa shape index (κ1) is 11.0. The van der Waals surface area contributed by atoms with Crippen molar-refractivity contribution in [2.24, 2.45) is 10.9 Å². The molecule has 14 heavy (non-hydrogen) atoms. The largest absolute Gasteiger partial charge is 0.286 e. The molecule has 1 atom stereocenters. The molecule has 0 aliphatic heterocycles. The Labute approximate surface area is 86.9 Å². The smallest absolute Gasteiger partial charge is 0.0720 e. The van der Waals surface area contributed by atoms with Crippen molar-refractivity contribution in [3.05, 3.63) is 35.9 Å². The molecule has 1 heteroatoms. The van der Waals surface area contributed by atoms with Crippen molar-refractivity contribution in [3.63, 3.8) is 0 Å². The van der Waals surface area contributed by atoms with Crippen LogP contribution in [-0.2, 0) is 0 Å². The number of hydrogen-bond donors (Lipinski definition) is 0. The second kappa shape index (κ2) is 4.94. The van der Waals surface area contributed by atoms with E-state index in [2.05, 4.69) is 57.0 Å². The maximum absolute atomic E-state index is 4.66. The van der Waals surface area contributed by atoms with E-state index in [0.717, 1.165) is 0 Å². The van der Waals surface area contributed by atoms with Crippen LogP contribution in [0.3, 0.4) is 0 Å². The maximum atomic E-state index is 4.66. The third-order valence-electron chi connectivity index (χ3n) is 2.51. The lowest BCUT2D eigenvalue weighted by atomic mass is 10.1. The van der Waals surface area contributed by atoms with E-state index in [4.69, 9.17) is 0 Å². The molecule has 1 nitrogen and oxygen atoms in total. The zero-order valence-corrected chi connectivity index (χ0v) is 9.49. The zero-order valence-electron chi connectivity index (χ0n) is 9.49. The summed E-state index contributed by atoms with van der Waals surface area (Å²) in [6.45, 7) is 8.60. The van der Waals surface area contributed by atoms with Crippen molar-refractivity contribution in [1.29, 1.82) is 0 Å². The van der Waals surface area contributed by atoms with Crippen LogP contribution in [-0.4, -0.2) is 5.71 Å². The Balaban J connectivity index is 2.77. The van der Waals surface area contributed by atoms with Crippen molar-refractivity contribution >= 4 is 5.71 Å². The molecule has 0 aliphatic carbocycles. The van der Waals surface area contributed by atoms with Gasteiger partial charge in [0.15, 0.2) is 0 Å². The molecule has 1 aromatic rings. The number of aliphatic imine (C=N–C) groups is 1. The maximum Gasteiger partial charge on any atom is 0.0720 e. The quantitative estimate of drug-likeness (QED) is 0.640. The molecule has 0 aliphatic rings. The first-order valence-corrected chi connectivity index (χ1v) is 5.20. The summed E-state index contributed by atoms with van der Waals surface area (Å²) >= 11 is 0. The summed E-state index contributed by atoms with van der Waals surface area (Å²) in [7, 11) is 0. The van der Waals surface area contributed by atoms with E-state index in [-0.39, 0.29) is 6.04 Å². The predicted octanol–water partition coefficient (Wildman–Crippen LogP) is 3.86. The average molecular weight is 189 g/mol. The van der Waals surface area contributed by atoms with E-state index in [1.807, 2.05) is 6.07 Å². The lowest BCUT2D eigenvalue weighted by Gasteiger charge is -2.10. The van der Waals surface area contributed by atoms with Gasteiger partial charge in [0.2, 0.25) is 0 Å². The Hall–Kier alpha value is -1.11. The van der Waals surface area contributed by atoms with Gasteiger partial charge in [-0.2, -0.15) is 0 Å². The number of nitrogens with zero attached hydrogens (tertiary/aromatic N) is 1. The molecule has 0 saturated carbocycles. The standard InChI is InChI=1S/C13H19N/c1-10(2)11(3)14-12(4)13-8-6-5-7-9-13/h5-10,12H,1-4H3. The van der Waals surface area contributed by atoms with Gasteiger partial charge in [0.1, 0.15) is 0 Å². The molecule has 0 saturated heterocycles. The summed E-state index contributed by atoms with van der Waals surface area (Å²) in [5, 5.41) is 0. The van der Waals surface area contributed by atoms with Gasteiger partial charge in [-0.1, -0.05) is 44.2 Å². The summed E-state index contributed by atoms with van der Waals surface area (Å²) in [5.41, 5.74) is 2.51. The molecule has 1 unspecified atom stereocenters. The van der Waals surface area contributed by atoms with Gasteiger partial charge in [-0.05, 0) is 25.3 Å². The molecule has 0 spiro atoms. The number of rotatable bonds is 3. The molecule has 76 valence electrons. The highest BCUT2D eigenvalue weighted by atomic mass is 14.8. The second-order valence-electron chi connectivity index (χ2n) is 4.01. The third-order valence-corrected chi connectivity index (χ3v) is 2.51. The van der Waals surface area contributed by atoms with Gasteiger partial charge in [0.05, 0.1) is 6.04 Å². The number of benzene rings is 1. The molecular weight excluding hydrogens is 170 g/mol. The highest BCUT2D eigenvalue weighted by Crippen LogP contribution is 2.17. The first-order valence-electron chi connectivity index (χ1n) is 5.20. The van der Waals surface area contributed by atoms with Gasteiger partial charge in [0.25, 0.3) is 0 Å². The summed E-state index contributed by atoms with van der Waals surface area (Å²) in [4.78, 5) is 4.66. The van der Waals surface area contributed by atoms with Crippen LogP contribution in [0.2, 0.25) is 0 Å². The Kier molecular flexibility index (Phi) is 3.87. The van der Waals surface area contributed by atoms with E-state index in [1.54, 1.807) is 0 Å². The van der Waals surface area contributed by atoms with E-state index >= 15 is 0 Å². The fourth-order valence-electron chi connectivity index (χ4n) is 1.26. The summed E-state index contributed by atoms with van der Waals surface area (Å²) in [6.07, 6.45) is 0. The zero-order chi connectivity index (χ0) is 10.6. The molecule has 0 heterocycles. The molecule has 0 amide bonds. The Morgan fingerprint density at radius 1 is 1.07 bits per heavy atom. The van der Waals surface area contributed by atoms with Gasteiger partial charge < -0.3 is 0 Å². The summed E-state index contributed by atoms with van der Waals surface area (Å²) in [6, 6.07) is 10.7. The molecule has 0 fully saturated rings. The van der Waals surface area contributed by atoms with E-state index in [9.17, 15) is 0 Å². The van der Waals surface area contributed by atoms with Crippen molar-refractivity contribution in [2.45, 2.75) is 33.7 Å². The van der Waals surface area contributed by atoms with E-state index in [0.29, 0.717) is 5.92 Å². The monoisotopic (exact) mass is 189 g/mol. The van der Waals surface area contributed by atoms with Crippen LogP contribution in [0.1, 0.15) is 39.3 Å². The minimum absolute atomic E-state index is 0.276. The van der Waals surface area contributed by atoms with Crippen LogP contribution in [0.4, 0.5) is 0 Å². The SMILES string of the molecule is CC(=NC(C)c1ccccc1)C(C)C. The normalized spacial score (nSPS) is 14.5. The van der Waals surface area contributed by atoms with Gasteiger partial charge in [-0.15, -0.1) is 0 Å². The van der Waals surface area contributed by atoms with Gasteiger partial charge in [0, 0.05) is 5.71 Å². The Morgan fingerprint density at radius 2 is 1.64 bits per heavy atom. The summed E-state index contributed by atoms with van der Waals surface area (Å²) in [5.74, 6) is 0.543.